The maximum absolute atomic E-state index is 13.2. The molecule has 2 aliphatic rings. The molecule has 3 aromatic rings. The van der Waals surface area contributed by atoms with Gasteiger partial charge in [-0.25, -0.2) is 4.98 Å². The summed E-state index contributed by atoms with van der Waals surface area (Å²) in [4.78, 5) is 39.3. The summed E-state index contributed by atoms with van der Waals surface area (Å²) < 4.78 is 6.86. The zero-order valence-electron chi connectivity index (χ0n) is 19.6. The number of fused-ring (bicyclic) bond motifs is 3. The summed E-state index contributed by atoms with van der Waals surface area (Å²) >= 11 is 0. The number of hydrogen-bond acceptors (Lipinski definition) is 6. The maximum atomic E-state index is 13.2. The van der Waals surface area contributed by atoms with E-state index in [9.17, 15) is 9.59 Å². The van der Waals surface area contributed by atoms with Crippen molar-refractivity contribution < 1.29 is 14.3 Å². The van der Waals surface area contributed by atoms with Crippen LogP contribution in [0.4, 0.5) is 0 Å². The summed E-state index contributed by atoms with van der Waals surface area (Å²) in [6, 6.07) is 7.88. The summed E-state index contributed by atoms with van der Waals surface area (Å²) in [7, 11) is 1.67. The van der Waals surface area contributed by atoms with Crippen LogP contribution in [0.3, 0.4) is 0 Å². The zero-order chi connectivity index (χ0) is 23.7. The van der Waals surface area contributed by atoms with E-state index in [0.29, 0.717) is 31.7 Å². The maximum Gasteiger partial charge on any atom is 0.257 e. The van der Waals surface area contributed by atoms with E-state index in [4.69, 9.17) is 4.74 Å². The molecule has 0 radical (unpaired) electrons. The molecule has 2 saturated heterocycles. The van der Waals surface area contributed by atoms with E-state index in [1.807, 2.05) is 41.0 Å². The van der Waals surface area contributed by atoms with Crippen molar-refractivity contribution in [1.82, 2.24) is 29.5 Å². The van der Waals surface area contributed by atoms with E-state index in [1.54, 1.807) is 30.4 Å². The van der Waals surface area contributed by atoms with Gasteiger partial charge in [0.25, 0.3) is 5.91 Å². The quantitative estimate of drug-likeness (QED) is 0.477. The highest BCUT2D eigenvalue weighted by Crippen LogP contribution is 2.33. The molecule has 5 rings (SSSR count). The van der Waals surface area contributed by atoms with Crippen LogP contribution in [0.5, 0.6) is 0 Å². The van der Waals surface area contributed by atoms with Crippen LogP contribution < -0.4 is 0 Å². The third-order valence-electron chi connectivity index (χ3n) is 6.84. The van der Waals surface area contributed by atoms with Gasteiger partial charge in [-0.2, -0.15) is 5.10 Å². The number of likely N-dealkylation sites (tertiary alicyclic amines) is 2. The summed E-state index contributed by atoms with van der Waals surface area (Å²) in [5.41, 5.74) is 3.12. The second-order valence-electron chi connectivity index (χ2n) is 9.29. The number of carbonyl (C=O) groups is 2. The number of methoxy groups -OCH3 is 1. The van der Waals surface area contributed by atoms with Crippen molar-refractivity contribution in [1.29, 1.82) is 0 Å². The van der Waals surface area contributed by atoms with Crippen molar-refractivity contribution in [2.24, 2.45) is 5.92 Å². The van der Waals surface area contributed by atoms with Crippen LogP contribution in [0, 0.1) is 5.92 Å². The molecule has 1 unspecified atom stereocenters. The molecule has 0 spiro atoms. The Labute approximate surface area is 198 Å². The number of para-hydroxylation sites is 2. The van der Waals surface area contributed by atoms with Crippen LogP contribution in [-0.2, 0) is 22.5 Å². The molecule has 0 N–H and O–H groups in total. The van der Waals surface area contributed by atoms with Crippen LogP contribution >= 0.6 is 0 Å². The van der Waals surface area contributed by atoms with Gasteiger partial charge >= 0.3 is 0 Å². The minimum atomic E-state index is -0.190. The van der Waals surface area contributed by atoms with Crippen molar-refractivity contribution in [2.75, 3.05) is 26.8 Å². The van der Waals surface area contributed by atoms with Gasteiger partial charge in [-0.1, -0.05) is 19.1 Å². The molecule has 2 bridgehead atoms. The number of aromatic nitrogens is 4. The number of piperazine rings is 1. The van der Waals surface area contributed by atoms with Gasteiger partial charge < -0.3 is 14.5 Å². The number of amides is 2. The lowest BCUT2D eigenvalue weighted by molar-refractivity contribution is -0.137. The summed E-state index contributed by atoms with van der Waals surface area (Å²) in [6.45, 7) is 4.49. The van der Waals surface area contributed by atoms with Gasteiger partial charge in [-0.15, -0.1) is 0 Å². The van der Waals surface area contributed by atoms with Gasteiger partial charge in [0.2, 0.25) is 5.91 Å². The minimum absolute atomic E-state index is 0.00271. The predicted octanol–water partition coefficient (Wildman–Crippen LogP) is 2.17. The number of ether oxygens (including phenoxy) is 1. The predicted molar refractivity (Wildman–Crippen MR) is 126 cm³/mol. The summed E-state index contributed by atoms with van der Waals surface area (Å²) in [6.07, 6.45) is 7.44. The number of hydrogen-bond donors (Lipinski definition) is 0. The molecule has 2 fully saturated rings. The molecule has 0 saturated carbocycles. The van der Waals surface area contributed by atoms with Crippen LogP contribution in [-0.4, -0.2) is 80.3 Å². The fourth-order valence-corrected chi connectivity index (χ4v) is 5.10. The monoisotopic (exact) mass is 462 g/mol. The van der Waals surface area contributed by atoms with Crippen LogP contribution in [0.15, 0.2) is 42.9 Å². The Morgan fingerprint density at radius 3 is 2.65 bits per heavy atom. The van der Waals surface area contributed by atoms with Gasteiger partial charge in [0, 0.05) is 58.1 Å². The van der Waals surface area contributed by atoms with E-state index in [-0.39, 0.29) is 29.8 Å². The Bertz CT molecular complexity index is 1190. The van der Waals surface area contributed by atoms with Gasteiger partial charge in [0.05, 0.1) is 40.6 Å². The first-order chi connectivity index (χ1) is 16.5. The van der Waals surface area contributed by atoms with Crippen molar-refractivity contribution in [3.05, 3.63) is 54.1 Å². The number of nitrogens with zero attached hydrogens (tertiary/aromatic N) is 6. The summed E-state index contributed by atoms with van der Waals surface area (Å²) in [5, 5.41) is 4.31. The topological polar surface area (TPSA) is 93.5 Å². The van der Waals surface area contributed by atoms with Gasteiger partial charge in [-0.05, 0) is 25.0 Å². The van der Waals surface area contributed by atoms with E-state index in [0.717, 1.165) is 36.1 Å². The molecule has 2 aromatic heterocycles. The average Bonchev–Trinajstić information content (AvgIpc) is 3.59. The first kappa shape index (κ1) is 22.5. The third kappa shape index (κ3) is 4.40. The Balaban J connectivity index is 1.18. The Kier molecular flexibility index (Phi) is 6.28. The number of carbonyl (C=O) groups excluding carboxylic acids is 2. The Hall–Kier alpha value is -3.33. The highest BCUT2D eigenvalue weighted by Gasteiger charge is 2.47. The standard InChI is InChI=1S/C25H30N6O3/c1-17(10-19-13-26-22-6-3-4-7-23(22)28-19)24(32)30-15-21-11-20(30)16-31(21)25(33)18-12-27-29(14-18)8-5-9-34-2/h3-4,6-7,12-14,17,20-21H,5,8-11,15-16H2,1-2H3/t17?,20-,21-/m0/s1. The molecule has 0 aliphatic carbocycles. The molecule has 34 heavy (non-hydrogen) atoms. The average molecular weight is 463 g/mol. The van der Waals surface area contributed by atoms with Crippen LogP contribution in [0.25, 0.3) is 11.0 Å². The molecule has 3 atom stereocenters. The van der Waals surface area contributed by atoms with Crippen molar-refractivity contribution in [3.8, 4) is 0 Å². The highest BCUT2D eigenvalue weighted by molar-refractivity contribution is 5.94. The molecular weight excluding hydrogens is 432 g/mol. The Morgan fingerprint density at radius 2 is 1.88 bits per heavy atom. The van der Waals surface area contributed by atoms with E-state index < -0.39 is 0 Å². The van der Waals surface area contributed by atoms with Crippen LogP contribution in [0.2, 0.25) is 0 Å². The number of aryl methyl sites for hydroxylation is 1. The lowest BCUT2D eigenvalue weighted by atomic mass is 10.0. The van der Waals surface area contributed by atoms with Crippen LogP contribution in [0.1, 0.15) is 35.8 Å². The van der Waals surface area contributed by atoms with Crippen molar-refractivity contribution in [2.45, 2.75) is 44.8 Å². The van der Waals surface area contributed by atoms with Crippen molar-refractivity contribution >= 4 is 22.8 Å². The number of rotatable bonds is 8. The minimum Gasteiger partial charge on any atom is -0.385 e. The number of benzene rings is 1. The van der Waals surface area contributed by atoms with E-state index in [1.165, 1.54) is 0 Å². The normalized spacial score (nSPS) is 20.3. The van der Waals surface area contributed by atoms with Gasteiger partial charge in [0.15, 0.2) is 0 Å². The third-order valence-corrected chi connectivity index (χ3v) is 6.84. The lowest BCUT2D eigenvalue weighted by Gasteiger charge is -2.35. The zero-order valence-corrected chi connectivity index (χ0v) is 19.6. The first-order valence-corrected chi connectivity index (χ1v) is 11.9. The second-order valence-corrected chi connectivity index (χ2v) is 9.29. The molecule has 9 nitrogen and oxygen atoms in total. The molecule has 1 aromatic carbocycles. The fourth-order valence-electron chi connectivity index (χ4n) is 5.10. The highest BCUT2D eigenvalue weighted by atomic mass is 16.5. The fraction of sp³-hybridized carbons (Fsp3) is 0.480. The largest absolute Gasteiger partial charge is 0.385 e. The Morgan fingerprint density at radius 1 is 1.12 bits per heavy atom. The van der Waals surface area contributed by atoms with E-state index in [2.05, 4.69) is 15.1 Å². The molecule has 9 heteroatoms. The molecule has 178 valence electrons. The van der Waals surface area contributed by atoms with Gasteiger partial charge in [0.1, 0.15) is 0 Å². The van der Waals surface area contributed by atoms with E-state index >= 15 is 0 Å². The molecule has 2 amide bonds. The SMILES string of the molecule is COCCCn1cc(C(=O)N2C[C@@H]3C[C@H]2CN3C(=O)C(C)Cc2cnc3ccccc3n2)cn1. The smallest absolute Gasteiger partial charge is 0.257 e. The van der Waals surface area contributed by atoms with Crippen molar-refractivity contribution in [3.63, 3.8) is 0 Å². The van der Waals surface area contributed by atoms with Gasteiger partial charge in [-0.3, -0.25) is 19.3 Å². The molecule has 2 aliphatic heterocycles. The molecular formula is C25H30N6O3. The lowest BCUT2D eigenvalue weighted by Crippen LogP contribution is -2.52. The molecule has 4 heterocycles. The second kappa shape index (κ2) is 9.50. The summed E-state index contributed by atoms with van der Waals surface area (Å²) in [5.74, 6) is -0.0677. The first-order valence-electron chi connectivity index (χ1n) is 11.9.